The second-order valence-corrected chi connectivity index (χ2v) is 4.91. The van der Waals surface area contributed by atoms with E-state index in [1.807, 2.05) is 0 Å². The van der Waals surface area contributed by atoms with E-state index < -0.39 is 0 Å². The van der Waals surface area contributed by atoms with Crippen molar-refractivity contribution in [1.82, 2.24) is 9.97 Å². The fourth-order valence-electron chi connectivity index (χ4n) is 1.90. The number of nitrogens with zero attached hydrogens (tertiary/aromatic N) is 1. The molecule has 0 saturated heterocycles. The molecule has 3 heteroatoms. The highest BCUT2D eigenvalue weighted by molar-refractivity contribution is 7.13. The molecule has 0 aliphatic heterocycles. The molecule has 3 aromatic rings. The molecule has 0 radical (unpaired) electrons. The van der Waals surface area contributed by atoms with Crippen molar-refractivity contribution in [1.29, 1.82) is 0 Å². The van der Waals surface area contributed by atoms with Crippen molar-refractivity contribution >= 4 is 22.4 Å². The van der Waals surface area contributed by atoms with Crippen LogP contribution in [0.2, 0.25) is 0 Å². The zero-order valence-corrected chi connectivity index (χ0v) is 10.1. The predicted molar refractivity (Wildman–Crippen MR) is 68.9 cm³/mol. The maximum absolute atomic E-state index is 4.67. The third-order valence-corrected chi connectivity index (χ3v) is 3.81. The topological polar surface area (TPSA) is 28.7 Å². The normalized spacial score (nSPS) is 11.1. The van der Waals surface area contributed by atoms with Crippen LogP contribution in [0.25, 0.3) is 21.7 Å². The minimum absolute atomic E-state index is 0.983. The van der Waals surface area contributed by atoms with E-state index in [0.717, 1.165) is 16.9 Å². The van der Waals surface area contributed by atoms with Crippen LogP contribution in [0, 0.1) is 13.8 Å². The molecule has 1 aromatic carbocycles. The summed E-state index contributed by atoms with van der Waals surface area (Å²) < 4.78 is 0. The Balaban J connectivity index is 2.27. The largest absolute Gasteiger partial charge is 0.337 e. The van der Waals surface area contributed by atoms with Crippen LogP contribution in [-0.4, -0.2) is 9.97 Å². The van der Waals surface area contributed by atoms with Crippen molar-refractivity contribution in [3.05, 3.63) is 40.8 Å². The van der Waals surface area contributed by atoms with Crippen LogP contribution >= 0.6 is 11.3 Å². The van der Waals surface area contributed by atoms with E-state index in [-0.39, 0.29) is 0 Å². The van der Waals surface area contributed by atoms with E-state index in [2.05, 4.69) is 53.5 Å². The van der Waals surface area contributed by atoms with Crippen LogP contribution in [-0.2, 0) is 0 Å². The van der Waals surface area contributed by atoms with Gasteiger partial charge in [0.2, 0.25) is 0 Å². The van der Waals surface area contributed by atoms with Crippen LogP contribution in [0.3, 0.4) is 0 Å². The smallest absolute Gasteiger partial charge is 0.148 e. The first-order valence-corrected chi connectivity index (χ1v) is 6.13. The zero-order chi connectivity index (χ0) is 11.1. The molecule has 0 unspecified atom stereocenters. The molecule has 0 fully saturated rings. The highest BCUT2D eigenvalue weighted by atomic mass is 32.1. The number of H-pyrrole nitrogens is 1. The molecule has 2 nitrogen and oxygen atoms in total. The van der Waals surface area contributed by atoms with Gasteiger partial charge in [0.25, 0.3) is 0 Å². The molecular weight excluding hydrogens is 216 g/mol. The molecule has 2 aromatic heterocycles. The number of aromatic amines is 1. The first-order chi connectivity index (χ1) is 7.75. The molecule has 0 saturated carbocycles. The van der Waals surface area contributed by atoms with Crippen molar-refractivity contribution in [2.24, 2.45) is 0 Å². The van der Waals surface area contributed by atoms with Gasteiger partial charge in [0.05, 0.1) is 15.9 Å². The predicted octanol–water partition coefficient (Wildman–Crippen LogP) is 3.91. The number of aryl methyl sites for hydroxylation is 2. The first-order valence-electron chi connectivity index (χ1n) is 5.25. The Morgan fingerprint density at radius 1 is 1.12 bits per heavy atom. The minimum atomic E-state index is 0.983. The molecule has 80 valence electrons. The summed E-state index contributed by atoms with van der Waals surface area (Å²) >= 11 is 1.73. The summed E-state index contributed by atoms with van der Waals surface area (Å²) in [7, 11) is 0. The maximum atomic E-state index is 4.67. The number of fused-ring (bicyclic) bond motifs is 1. The molecule has 16 heavy (non-hydrogen) atoms. The van der Waals surface area contributed by atoms with Crippen LogP contribution in [0.1, 0.15) is 11.1 Å². The molecule has 1 N–H and O–H groups in total. The summed E-state index contributed by atoms with van der Waals surface area (Å²) in [6.45, 7) is 4.21. The third kappa shape index (κ3) is 1.36. The lowest BCUT2D eigenvalue weighted by molar-refractivity contribution is 1.33. The van der Waals surface area contributed by atoms with Crippen molar-refractivity contribution in [2.75, 3.05) is 0 Å². The van der Waals surface area contributed by atoms with Crippen LogP contribution in [0.15, 0.2) is 29.6 Å². The lowest BCUT2D eigenvalue weighted by Crippen LogP contribution is -1.77. The van der Waals surface area contributed by atoms with Crippen LogP contribution < -0.4 is 0 Å². The van der Waals surface area contributed by atoms with E-state index >= 15 is 0 Å². The zero-order valence-electron chi connectivity index (χ0n) is 9.24. The Morgan fingerprint density at radius 2 is 2.00 bits per heavy atom. The van der Waals surface area contributed by atoms with E-state index in [1.165, 1.54) is 16.0 Å². The average Bonchev–Trinajstić information content (AvgIpc) is 2.84. The van der Waals surface area contributed by atoms with E-state index in [9.17, 15) is 0 Å². The summed E-state index contributed by atoms with van der Waals surface area (Å²) in [6.07, 6.45) is 0. The molecule has 0 spiro atoms. The Labute approximate surface area is 98.0 Å². The van der Waals surface area contributed by atoms with Crippen molar-refractivity contribution in [3.8, 4) is 10.7 Å². The lowest BCUT2D eigenvalue weighted by atomic mass is 10.2. The van der Waals surface area contributed by atoms with E-state index in [4.69, 9.17) is 0 Å². The average molecular weight is 228 g/mol. The summed E-state index contributed by atoms with van der Waals surface area (Å²) in [4.78, 5) is 9.28. The Bertz CT molecular complexity index is 649. The summed E-state index contributed by atoms with van der Waals surface area (Å²) in [6, 6.07) is 8.34. The number of benzene rings is 1. The molecule has 0 bridgehead atoms. The van der Waals surface area contributed by atoms with Gasteiger partial charge in [0.1, 0.15) is 5.82 Å². The number of thiophene rings is 1. The number of rotatable bonds is 1. The van der Waals surface area contributed by atoms with Gasteiger partial charge in [0, 0.05) is 0 Å². The van der Waals surface area contributed by atoms with Gasteiger partial charge < -0.3 is 4.98 Å². The van der Waals surface area contributed by atoms with Crippen molar-refractivity contribution < 1.29 is 0 Å². The Kier molecular flexibility index (Phi) is 2.07. The number of imidazole rings is 1. The monoisotopic (exact) mass is 228 g/mol. The lowest BCUT2D eigenvalue weighted by Gasteiger charge is -1.91. The summed E-state index contributed by atoms with van der Waals surface area (Å²) in [5.41, 5.74) is 4.68. The molecule has 0 aliphatic rings. The molecule has 0 aliphatic carbocycles. The second-order valence-electron chi connectivity index (χ2n) is 3.99. The molecule has 3 rings (SSSR count). The van der Waals surface area contributed by atoms with Crippen molar-refractivity contribution in [2.45, 2.75) is 13.8 Å². The van der Waals surface area contributed by atoms with Gasteiger partial charge in [-0.25, -0.2) is 4.98 Å². The SMILES string of the molecule is Cc1ccsc1-c1nc2c(C)cccc2[nH]1. The highest BCUT2D eigenvalue weighted by Gasteiger charge is 2.09. The molecule has 0 atom stereocenters. The van der Waals surface area contributed by atoms with Gasteiger partial charge in [-0.1, -0.05) is 12.1 Å². The summed E-state index contributed by atoms with van der Waals surface area (Å²) in [5.74, 6) is 0.983. The first kappa shape index (κ1) is 9.60. The Morgan fingerprint density at radius 3 is 2.69 bits per heavy atom. The Hall–Kier alpha value is -1.61. The fourth-order valence-corrected chi connectivity index (χ4v) is 2.77. The molecule has 2 heterocycles. The van der Waals surface area contributed by atoms with Gasteiger partial charge in [-0.2, -0.15) is 0 Å². The van der Waals surface area contributed by atoms with Crippen LogP contribution in [0.5, 0.6) is 0 Å². The quantitative estimate of drug-likeness (QED) is 0.672. The highest BCUT2D eigenvalue weighted by Crippen LogP contribution is 2.29. The number of nitrogens with one attached hydrogen (secondary N) is 1. The van der Waals surface area contributed by atoms with Gasteiger partial charge in [-0.15, -0.1) is 11.3 Å². The fraction of sp³-hybridized carbons (Fsp3) is 0.154. The van der Waals surface area contributed by atoms with Gasteiger partial charge in [-0.3, -0.25) is 0 Å². The number of aromatic nitrogens is 2. The molecule has 0 amide bonds. The number of para-hydroxylation sites is 1. The standard InChI is InChI=1S/C13H12N2S/c1-8-4-3-5-10-11(8)15-13(14-10)12-9(2)6-7-16-12/h3-7H,1-2H3,(H,14,15). The maximum Gasteiger partial charge on any atom is 0.148 e. The van der Waals surface area contributed by atoms with E-state index in [1.54, 1.807) is 11.3 Å². The van der Waals surface area contributed by atoms with Crippen molar-refractivity contribution in [3.63, 3.8) is 0 Å². The third-order valence-electron chi connectivity index (χ3n) is 2.79. The second kappa shape index (κ2) is 3.46. The summed E-state index contributed by atoms with van der Waals surface area (Å²) in [5, 5.41) is 2.10. The van der Waals surface area contributed by atoms with Gasteiger partial charge >= 0.3 is 0 Å². The van der Waals surface area contributed by atoms with E-state index in [0.29, 0.717) is 0 Å². The number of hydrogen-bond acceptors (Lipinski definition) is 2. The van der Waals surface area contributed by atoms with Crippen LogP contribution in [0.4, 0.5) is 0 Å². The minimum Gasteiger partial charge on any atom is -0.337 e. The molecular formula is C13H12N2S. The van der Waals surface area contributed by atoms with Gasteiger partial charge in [0.15, 0.2) is 0 Å². The number of hydrogen-bond donors (Lipinski definition) is 1. The van der Waals surface area contributed by atoms with Gasteiger partial charge in [-0.05, 0) is 42.5 Å².